The molecule has 0 aliphatic carbocycles. The fraction of sp³-hybridized carbons (Fsp3) is 0.211. The van der Waals surface area contributed by atoms with E-state index in [2.05, 4.69) is 5.32 Å². The number of hydrogen-bond donors (Lipinski definition) is 1. The molecular formula is C19H17F3N2O2. The maximum absolute atomic E-state index is 13.7. The van der Waals surface area contributed by atoms with Gasteiger partial charge >= 0.3 is 6.03 Å². The largest absolute Gasteiger partial charge is 0.461 e. The van der Waals surface area contributed by atoms with E-state index in [0.29, 0.717) is 6.42 Å². The molecule has 136 valence electrons. The van der Waals surface area contributed by atoms with Crippen LogP contribution in [0.5, 0.6) is 0 Å². The quantitative estimate of drug-likeness (QED) is 0.658. The van der Waals surface area contributed by atoms with E-state index in [4.69, 9.17) is 4.42 Å². The first kappa shape index (κ1) is 17.8. The van der Waals surface area contributed by atoms with Gasteiger partial charge in [-0.25, -0.2) is 18.0 Å². The number of aryl methyl sites for hydroxylation is 1. The minimum absolute atomic E-state index is 0.220. The Balaban J connectivity index is 1.81. The van der Waals surface area contributed by atoms with Gasteiger partial charge in [0.25, 0.3) is 0 Å². The molecule has 0 aliphatic heterocycles. The number of urea groups is 1. The summed E-state index contributed by atoms with van der Waals surface area (Å²) >= 11 is 0. The van der Waals surface area contributed by atoms with Gasteiger partial charge < -0.3 is 14.6 Å². The highest BCUT2D eigenvalue weighted by Crippen LogP contribution is 2.27. The maximum atomic E-state index is 13.7. The third-order valence-electron chi connectivity index (χ3n) is 4.12. The Morgan fingerprint density at radius 1 is 1.12 bits per heavy atom. The van der Waals surface area contributed by atoms with Crippen LogP contribution in [0.2, 0.25) is 0 Å². The predicted octanol–water partition coefficient (Wildman–Crippen LogP) is 5.08. The zero-order valence-electron chi connectivity index (χ0n) is 14.3. The molecule has 0 saturated heterocycles. The summed E-state index contributed by atoms with van der Waals surface area (Å²) in [6, 6.07) is 8.55. The molecule has 3 aromatic rings. The van der Waals surface area contributed by atoms with E-state index >= 15 is 0 Å². The van der Waals surface area contributed by atoms with Gasteiger partial charge in [-0.05, 0) is 18.2 Å². The molecule has 0 aliphatic rings. The molecule has 3 rings (SSSR count). The van der Waals surface area contributed by atoms with E-state index in [1.807, 2.05) is 31.2 Å². The number of halogens is 3. The van der Waals surface area contributed by atoms with Gasteiger partial charge in [-0.1, -0.05) is 25.1 Å². The third kappa shape index (κ3) is 3.24. The van der Waals surface area contributed by atoms with E-state index < -0.39 is 29.2 Å². The van der Waals surface area contributed by atoms with Gasteiger partial charge in [0.05, 0.1) is 12.2 Å². The van der Waals surface area contributed by atoms with Gasteiger partial charge in [0.15, 0.2) is 17.5 Å². The van der Waals surface area contributed by atoms with Gasteiger partial charge in [-0.2, -0.15) is 0 Å². The molecule has 7 heteroatoms. The number of nitrogens with one attached hydrogen (secondary N) is 1. The number of furan rings is 1. The molecule has 26 heavy (non-hydrogen) atoms. The highest BCUT2D eigenvalue weighted by atomic mass is 19.2. The number of carbonyl (C=O) groups excluding carboxylic acids is 1. The summed E-state index contributed by atoms with van der Waals surface area (Å²) in [5, 5.41) is 3.14. The molecule has 1 aromatic heterocycles. The van der Waals surface area contributed by atoms with Gasteiger partial charge in [0.1, 0.15) is 11.3 Å². The first-order chi connectivity index (χ1) is 12.4. The van der Waals surface area contributed by atoms with Gasteiger partial charge in [-0.15, -0.1) is 0 Å². The van der Waals surface area contributed by atoms with E-state index in [1.165, 1.54) is 11.9 Å². The molecule has 2 aromatic carbocycles. The first-order valence-corrected chi connectivity index (χ1v) is 8.07. The number of rotatable bonds is 4. The van der Waals surface area contributed by atoms with Crippen molar-refractivity contribution >= 4 is 22.7 Å². The van der Waals surface area contributed by atoms with Crippen molar-refractivity contribution < 1.29 is 22.4 Å². The number of hydrogen-bond acceptors (Lipinski definition) is 2. The Kier molecular flexibility index (Phi) is 4.88. The monoisotopic (exact) mass is 362 g/mol. The average Bonchev–Trinajstić information content (AvgIpc) is 3.00. The van der Waals surface area contributed by atoms with E-state index in [0.717, 1.165) is 34.4 Å². The second-order valence-corrected chi connectivity index (χ2v) is 5.86. The highest BCUT2D eigenvalue weighted by molar-refractivity contribution is 5.90. The van der Waals surface area contributed by atoms with Crippen molar-refractivity contribution in [3.8, 4) is 0 Å². The van der Waals surface area contributed by atoms with Crippen LogP contribution in [-0.4, -0.2) is 18.0 Å². The van der Waals surface area contributed by atoms with Crippen molar-refractivity contribution in [3.05, 3.63) is 65.2 Å². The van der Waals surface area contributed by atoms with Crippen LogP contribution < -0.4 is 5.32 Å². The van der Waals surface area contributed by atoms with Crippen LogP contribution in [0.25, 0.3) is 11.0 Å². The summed E-state index contributed by atoms with van der Waals surface area (Å²) in [5.74, 6) is -3.62. The topological polar surface area (TPSA) is 45.5 Å². The zero-order chi connectivity index (χ0) is 18.8. The summed E-state index contributed by atoms with van der Waals surface area (Å²) in [4.78, 5) is 13.6. The Bertz CT molecular complexity index is 969. The van der Waals surface area contributed by atoms with Crippen LogP contribution >= 0.6 is 0 Å². The number of anilines is 1. The molecule has 0 bridgehead atoms. The second-order valence-electron chi connectivity index (χ2n) is 5.86. The van der Waals surface area contributed by atoms with E-state index in [1.54, 1.807) is 0 Å². The number of nitrogens with zero attached hydrogens (tertiary/aromatic N) is 1. The molecule has 0 saturated carbocycles. The minimum atomic E-state index is -1.63. The fourth-order valence-electron chi connectivity index (χ4n) is 2.75. The predicted molar refractivity (Wildman–Crippen MR) is 92.4 cm³/mol. The lowest BCUT2D eigenvalue weighted by Crippen LogP contribution is -2.31. The number of fused-ring (bicyclic) bond motifs is 1. The molecule has 0 unspecified atom stereocenters. The number of carbonyl (C=O) groups is 1. The molecule has 0 atom stereocenters. The number of benzene rings is 2. The molecule has 0 spiro atoms. The van der Waals surface area contributed by atoms with Gasteiger partial charge in [0, 0.05) is 24.4 Å². The van der Waals surface area contributed by atoms with Crippen LogP contribution in [0.3, 0.4) is 0 Å². The van der Waals surface area contributed by atoms with Crippen molar-refractivity contribution in [2.75, 3.05) is 12.4 Å². The van der Waals surface area contributed by atoms with Crippen LogP contribution in [0.1, 0.15) is 18.2 Å². The van der Waals surface area contributed by atoms with Crippen molar-refractivity contribution in [2.24, 2.45) is 0 Å². The summed E-state index contributed by atoms with van der Waals surface area (Å²) in [6.45, 7) is 2.16. The normalized spacial score (nSPS) is 11.0. The van der Waals surface area contributed by atoms with E-state index in [9.17, 15) is 18.0 Å². The van der Waals surface area contributed by atoms with Crippen molar-refractivity contribution in [1.82, 2.24) is 4.90 Å². The number of para-hydroxylation sites is 1. The summed E-state index contributed by atoms with van der Waals surface area (Å²) in [6.07, 6.45) is 0.650. The summed E-state index contributed by atoms with van der Waals surface area (Å²) in [5.41, 5.74) is 1.15. The lowest BCUT2D eigenvalue weighted by Gasteiger charge is -2.18. The Labute approximate surface area is 148 Å². The first-order valence-electron chi connectivity index (χ1n) is 8.07. The highest BCUT2D eigenvalue weighted by Gasteiger charge is 2.20. The smallest absolute Gasteiger partial charge is 0.321 e. The van der Waals surface area contributed by atoms with Crippen molar-refractivity contribution in [2.45, 2.75) is 19.9 Å². The molecule has 1 N–H and O–H groups in total. The van der Waals surface area contributed by atoms with Crippen LogP contribution in [0.4, 0.5) is 23.7 Å². The van der Waals surface area contributed by atoms with E-state index in [-0.39, 0.29) is 6.54 Å². The van der Waals surface area contributed by atoms with Crippen LogP contribution in [0.15, 0.2) is 40.8 Å². The Morgan fingerprint density at radius 2 is 1.85 bits per heavy atom. The summed E-state index contributed by atoms with van der Waals surface area (Å²) in [7, 11) is 1.52. The molecule has 0 radical (unpaired) electrons. The second kappa shape index (κ2) is 7.11. The minimum Gasteiger partial charge on any atom is -0.461 e. The standard InChI is InChI=1S/C19H17F3N2O2/c1-3-15-12(11-6-4-5-7-16(11)26-15)10-24(2)19(25)23-14-9-8-13(20)17(21)18(14)22/h4-9H,3,10H2,1-2H3,(H,23,25). The van der Waals surface area contributed by atoms with Crippen LogP contribution in [0, 0.1) is 17.5 Å². The molecule has 1 heterocycles. The lowest BCUT2D eigenvalue weighted by atomic mass is 10.1. The van der Waals surface area contributed by atoms with Crippen LogP contribution in [-0.2, 0) is 13.0 Å². The number of amides is 2. The average molecular weight is 362 g/mol. The van der Waals surface area contributed by atoms with Crippen molar-refractivity contribution in [1.29, 1.82) is 0 Å². The molecule has 0 fully saturated rings. The Hall–Kier alpha value is -2.96. The SMILES string of the molecule is CCc1oc2ccccc2c1CN(C)C(=O)Nc1ccc(F)c(F)c1F. The lowest BCUT2D eigenvalue weighted by molar-refractivity contribution is 0.220. The molecule has 2 amide bonds. The Morgan fingerprint density at radius 3 is 2.58 bits per heavy atom. The van der Waals surface area contributed by atoms with Gasteiger partial charge in [-0.3, -0.25) is 0 Å². The fourth-order valence-corrected chi connectivity index (χ4v) is 2.75. The maximum Gasteiger partial charge on any atom is 0.321 e. The zero-order valence-corrected chi connectivity index (χ0v) is 14.3. The summed E-state index contributed by atoms with van der Waals surface area (Å²) < 4.78 is 45.8. The molecular weight excluding hydrogens is 345 g/mol. The van der Waals surface area contributed by atoms with Gasteiger partial charge in [0.2, 0.25) is 0 Å². The third-order valence-corrected chi connectivity index (χ3v) is 4.12. The van der Waals surface area contributed by atoms with Crippen molar-refractivity contribution in [3.63, 3.8) is 0 Å². The molecule has 4 nitrogen and oxygen atoms in total.